The molecule has 0 fully saturated rings. The molecule has 0 aliphatic rings. The van der Waals surface area contributed by atoms with Crippen LogP contribution in [0.2, 0.25) is 0 Å². The van der Waals surface area contributed by atoms with Crippen LogP contribution in [0.25, 0.3) is 0 Å². The molecule has 0 aromatic carbocycles. The lowest BCUT2D eigenvalue weighted by molar-refractivity contribution is 0.760. The van der Waals surface area contributed by atoms with E-state index in [1.807, 2.05) is 29.8 Å². The van der Waals surface area contributed by atoms with E-state index in [-0.39, 0.29) is 5.84 Å². The van der Waals surface area contributed by atoms with Gasteiger partial charge in [-0.3, -0.25) is 10.4 Å². The molecular formula is C11H13N5. The van der Waals surface area contributed by atoms with Crippen molar-refractivity contribution in [1.82, 2.24) is 14.5 Å². The van der Waals surface area contributed by atoms with Gasteiger partial charge in [0.05, 0.1) is 0 Å². The third kappa shape index (κ3) is 2.08. The van der Waals surface area contributed by atoms with Crippen LogP contribution in [0, 0.1) is 12.3 Å². The molecule has 2 aromatic heterocycles. The van der Waals surface area contributed by atoms with Crippen LogP contribution in [0.4, 0.5) is 0 Å². The summed E-state index contributed by atoms with van der Waals surface area (Å²) < 4.78 is 2.03. The van der Waals surface area contributed by atoms with Gasteiger partial charge in [-0.25, -0.2) is 4.98 Å². The Morgan fingerprint density at radius 2 is 2.25 bits per heavy atom. The van der Waals surface area contributed by atoms with E-state index in [9.17, 15) is 0 Å². The number of aryl methyl sites for hydroxylation is 1. The fraction of sp³-hybridized carbons (Fsp3) is 0.182. The molecule has 2 heterocycles. The average molecular weight is 215 g/mol. The topological polar surface area (TPSA) is 80.6 Å². The van der Waals surface area contributed by atoms with Crippen molar-refractivity contribution in [3.05, 3.63) is 47.8 Å². The van der Waals surface area contributed by atoms with Crippen molar-refractivity contribution < 1.29 is 0 Å². The summed E-state index contributed by atoms with van der Waals surface area (Å²) in [5.74, 6) is 0.949. The van der Waals surface area contributed by atoms with Gasteiger partial charge >= 0.3 is 0 Å². The van der Waals surface area contributed by atoms with E-state index in [4.69, 9.17) is 11.1 Å². The molecule has 2 rings (SSSR count). The second-order valence-corrected chi connectivity index (χ2v) is 3.57. The number of pyridine rings is 1. The fourth-order valence-electron chi connectivity index (χ4n) is 1.49. The van der Waals surface area contributed by atoms with Crippen LogP contribution in [0.5, 0.6) is 0 Å². The summed E-state index contributed by atoms with van der Waals surface area (Å²) in [4.78, 5) is 8.17. The van der Waals surface area contributed by atoms with Crippen LogP contribution in [0.1, 0.15) is 17.1 Å². The van der Waals surface area contributed by atoms with Crippen molar-refractivity contribution in [2.75, 3.05) is 0 Å². The van der Waals surface area contributed by atoms with E-state index >= 15 is 0 Å². The third-order valence-corrected chi connectivity index (χ3v) is 2.38. The number of hydrogen-bond acceptors (Lipinski definition) is 3. The van der Waals surface area contributed by atoms with Gasteiger partial charge in [0.25, 0.3) is 0 Å². The van der Waals surface area contributed by atoms with Crippen molar-refractivity contribution in [3.63, 3.8) is 0 Å². The number of hydrogen-bond donors (Lipinski definition) is 2. The summed E-state index contributed by atoms with van der Waals surface area (Å²) in [6.45, 7) is 2.67. The quantitative estimate of drug-likeness (QED) is 0.590. The largest absolute Gasteiger partial charge is 0.382 e. The van der Waals surface area contributed by atoms with E-state index in [2.05, 4.69) is 9.97 Å². The number of nitrogens with zero attached hydrogens (tertiary/aromatic N) is 3. The Morgan fingerprint density at radius 3 is 2.88 bits per heavy atom. The number of nitrogens with two attached hydrogens (primary N) is 1. The maximum atomic E-state index is 7.32. The van der Waals surface area contributed by atoms with E-state index in [1.54, 1.807) is 12.4 Å². The summed E-state index contributed by atoms with van der Waals surface area (Å²) >= 11 is 0. The number of nitrogen functional groups attached to an aromatic ring is 1. The standard InChI is InChI=1S/C11H13N5/c1-8-14-4-5-16(8)7-9-2-3-15-10(6-9)11(12)13/h2-6H,7H2,1H3,(H3,12,13). The Hall–Kier alpha value is -2.17. The minimum Gasteiger partial charge on any atom is -0.382 e. The van der Waals surface area contributed by atoms with Gasteiger partial charge in [0.15, 0.2) is 0 Å². The van der Waals surface area contributed by atoms with Crippen molar-refractivity contribution in [3.8, 4) is 0 Å². The molecule has 0 amide bonds. The molecule has 0 unspecified atom stereocenters. The fourth-order valence-corrected chi connectivity index (χ4v) is 1.49. The lowest BCUT2D eigenvalue weighted by Crippen LogP contribution is -2.13. The van der Waals surface area contributed by atoms with Gasteiger partial charge in [-0.15, -0.1) is 0 Å². The molecule has 0 bridgehead atoms. The minimum absolute atomic E-state index is 0.01000. The molecular weight excluding hydrogens is 202 g/mol. The van der Waals surface area contributed by atoms with Gasteiger partial charge < -0.3 is 10.3 Å². The predicted octanol–water partition coefficient (Wildman–Crippen LogP) is 0.919. The van der Waals surface area contributed by atoms with E-state index in [1.165, 1.54) is 0 Å². The maximum Gasteiger partial charge on any atom is 0.141 e. The highest BCUT2D eigenvalue weighted by Crippen LogP contribution is 2.06. The zero-order chi connectivity index (χ0) is 11.5. The van der Waals surface area contributed by atoms with Gasteiger partial charge in [0, 0.05) is 25.1 Å². The van der Waals surface area contributed by atoms with Crippen LogP contribution in [-0.2, 0) is 6.54 Å². The second-order valence-electron chi connectivity index (χ2n) is 3.57. The van der Waals surface area contributed by atoms with Crippen molar-refractivity contribution >= 4 is 5.84 Å². The number of amidine groups is 1. The zero-order valence-corrected chi connectivity index (χ0v) is 9.01. The highest BCUT2D eigenvalue weighted by atomic mass is 15.0. The second kappa shape index (κ2) is 4.14. The normalized spacial score (nSPS) is 10.3. The molecule has 2 aromatic rings. The lowest BCUT2D eigenvalue weighted by atomic mass is 10.2. The molecule has 0 radical (unpaired) electrons. The molecule has 0 spiro atoms. The first-order chi connectivity index (χ1) is 7.66. The Labute approximate surface area is 93.5 Å². The molecule has 0 saturated heterocycles. The van der Waals surface area contributed by atoms with Crippen molar-refractivity contribution in [2.24, 2.45) is 5.73 Å². The van der Waals surface area contributed by atoms with Crippen LogP contribution in [0.3, 0.4) is 0 Å². The van der Waals surface area contributed by atoms with Crippen LogP contribution in [-0.4, -0.2) is 20.4 Å². The van der Waals surface area contributed by atoms with E-state index in [0.29, 0.717) is 12.2 Å². The van der Waals surface area contributed by atoms with Crippen LogP contribution in [0.15, 0.2) is 30.7 Å². The minimum atomic E-state index is -0.01000. The van der Waals surface area contributed by atoms with Gasteiger partial charge in [-0.2, -0.15) is 0 Å². The molecule has 16 heavy (non-hydrogen) atoms. The van der Waals surface area contributed by atoms with Crippen molar-refractivity contribution in [2.45, 2.75) is 13.5 Å². The first-order valence-corrected chi connectivity index (χ1v) is 4.94. The molecule has 3 N–H and O–H groups in total. The number of aromatic nitrogens is 3. The maximum absolute atomic E-state index is 7.32. The first-order valence-electron chi connectivity index (χ1n) is 4.94. The summed E-state index contributed by atoms with van der Waals surface area (Å²) in [6.07, 6.45) is 5.35. The zero-order valence-electron chi connectivity index (χ0n) is 9.01. The summed E-state index contributed by atoms with van der Waals surface area (Å²) in [5.41, 5.74) is 6.95. The van der Waals surface area contributed by atoms with Crippen LogP contribution < -0.4 is 5.73 Å². The SMILES string of the molecule is Cc1nccn1Cc1ccnc(C(=N)N)c1. The first kappa shape index (κ1) is 10.4. The number of imidazole rings is 1. The average Bonchev–Trinajstić information content (AvgIpc) is 2.65. The molecule has 0 aliphatic carbocycles. The van der Waals surface area contributed by atoms with Gasteiger partial charge in [0.2, 0.25) is 0 Å². The highest BCUT2D eigenvalue weighted by Gasteiger charge is 2.02. The Bertz CT molecular complexity index is 515. The van der Waals surface area contributed by atoms with Gasteiger partial charge in [-0.1, -0.05) is 0 Å². The molecule has 0 saturated carbocycles. The van der Waals surface area contributed by atoms with E-state index < -0.39 is 0 Å². The summed E-state index contributed by atoms with van der Waals surface area (Å²) in [7, 11) is 0. The highest BCUT2D eigenvalue weighted by molar-refractivity contribution is 5.93. The molecule has 0 aliphatic heterocycles. The number of nitrogens with one attached hydrogen (secondary N) is 1. The number of rotatable bonds is 3. The predicted molar refractivity (Wildman–Crippen MR) is 61.3 cm³/mol. The van der Waals surface area contributed by atoms with Gasteiger partial charge in [-0.05, 0) is 24.6 Å². The molecule has 82 valence electrons. The lowest BCUT2D eigenvalue weighted by Gasteiger charge is -2.06. The molecule has 5 nitrogen and oxygen atoms in total. The summed E-state index contributed by atoms with van der Waals surface area (Å²) in [5, 5.41) is 7.32. The van der Waals surface area contributed by atoms with Crippen LogP contribution >= 0.6 is 0 Å². The Balaban J connectivity index is 2.25. The smallest absolute Gasteiger partial charge is 0.141 e. The van der Waals surface area contributed by atoms with Crippen molar-refractivity contribution in [1.29, 1.82) is 5.41 Å². The third-order valence-electron chi connectivity index (χ3n) is 2.38. The van der Waals surface area contributed by atoms with E-state index in [0.717, 1.165) is 11.4 Å². The van der Waals surface area contributed by atoms with Gasteiger partial charge in [0.1, 0.15) is 17.4 Å². The Kier molecular flexibility index (Phi) is 2.68. The molecule has 0 atom stereocenters. The molecule has 5 heteroatoms. The Morgan fingerprint density at radius 1 is 1.44 bits per heavy atom. The summed E-state index contributed by atoms with van der Waals surface area (Å²) in [6, 6.07) is 3.73. The monoisotopic (exact) mass is 215 g/mol.